The molecule has 1 N–H and O–H groups in total. The Morgan fingerprint density at radius 3 is 3.04 bits per heavy atom. The van der Waals surface area contributed by atoms with Crippen molar-refractivity contribution in [1.82, 2.24) is 20.0 Å². The summed E-state index contributed by atoms with van der Waals surface area (Å²) in [6.07, 6.45) is 3.21. The summed E-state index contributed by atoms with van der Waals surface area (Å²) >= 11 is 1.70. The summed E-state index contributed by atoms with van der Waals surface area (Å²) in [4.78, 5) is 14.5. The molecule has 0 aromatic carbocycles. The van der Waals surface area contributed by atoms with E-state index in [0.717, 1.165) is 38.0 Å². The molecule has 6 heteroatoms. The summed E-state index contributed by atoms with van der Waals surface area (Å²) in [6.45, 7) is 7.20. The highest BCUT2D eigenvalue weighted by Gasteiger charge is 2.27. The van der Waals surface area contributed by atoms with E-state index in [1.165, 1.54) is 11.3 Å². The molecule has 0 unspecified atom stereocenters. The molecule has 0 saturated carbocycles. The fraction of sp³-hybridized carbons (Fsp3) is 0.556. The highest BCUT2D eigenvalue weighted by molar-refractivity contribution is 7.07. The molecule has 2 aromatic rings. The van der Waals surface area contributed by atoms with E-state index in [9.17, 15) is 4.79 Å². The molecule has 1 atom stereocenters. The third-order valence-corrected chi connectivity index (χ3v) is 5.38. The maximum Gasteiger partial charge on any atom is 0.234 e. The number of carbonyl (C=O) groups is 1. The second kappa shape index (κ2) is 7.94. The fourth-order valence-corrected chi connectivity index (χ4v) is 4.09. The van der Waals surface area contributed by atoms with Crippen molar-refractivity contribution >= 4 is 17.2 Å². The summed E-state index contributed by atoms with van der Waals surface area (Å²) in [7, 11) is 0. The standard InChI is InChI=1S/C18H26N4OS/c1-14-10-15(2)22(20-14)11-17-4-3-8-21(17)12-18(23)19-7-5-16-6-9-24-13-16/h6,9-10,13,17H,3-5,7-8,11-12H2,1-2H3,(H,19,23)/t17-/m0/s1. The molecule has 0 spiro atoms. The monoisotopic (exact) mass is 346 g/mol. The van der Waals surface area contributed by atoms with Gasteiger partial charge in [-0.15, -0.1) is 0 Å². The SMILES string of the molecule is Cc1cc(C)n(C[C@@H]2CCCN2CC(=O)NCCc2ccsc2)n1. The summed E-state index contributed by atoms with van der Waals surface area (Å²) < 4.78 is 2.08. The molecule has 1 amide bonds. The zero-order chi connectivity index (χ0) is 16.9. The predicted octanol–water partition coefficient (Wildman–Crippen LogP) is 2.38. The third kappa shape index (κ3) is 4.45. The number of likely N-dealkylation sites (tertiary alicyclic amines) is 1. The number of nitrogens with zero attached hydrogens (tertiary/aromatic N) is 3. The van der Waals surface area contributed by atoms with Gasteiger partial charge in [0.1, 0.15) is 0 Å². The smallest absolute Gasteiger partial charge is 0.234 e. The van der Waals surface area contributed by atoms with Gasteiger partial charge < -0.3 is 5.32 Å². The van der Waals surface area contributed by atoms with Crippen molar-refractivity contribution in [3.8, 4) is 0 Å². The normalized spacial score (nSPS) is 18.2. The molecular formula is C18H26N4OS. The molecule has 1 aliphatic heterocycles. The van der Waals surface area contributed by atoms with Crippen LogP contribution in [0.4, 0.5) is 0 Å². The lowest BCUT2D eigenvalue weighted by molar-refractivity contribution is -0.122. The third-order valence-electron chi connectivity index (χ3n) is 4.65. The van der Waals surface area contributed by atoms with Crippen molar-refractivity contribution in [1.29, 1.82) is 0 Å². The number of thiophene rings is 1. The number of rotatable bonds is 7. The van der Waals surface area contributed by atoms with Gasteiger partial charge in [-0.2, -0.15) is 16.4 Å². The predicted molar refractivity (Wildman–Crippen MR) is 97.3 cm³/mol. The average molecular weight is 346 g/mol. The Balaban J connectivity index is 1.46. The van der Waals surface area contributed by atoms with Crippen molar-refractivity contribution in [2.75, 3.05) is 19.6 Å². The maximum atomic E-state index is 12.2. The number of hydrogen-bond acceptors (Lipinski definition) is 4. The van der Waals surface area contributed by atoms with Gasteiger partial charge in [-0.05, 0) is 68.1 Å². The van der Waals surface area contributed by atoms with Crippen molar-refractivity contribution in [3.05, 3.63) is 39.8 Å². The second-order valence-corrected chi connectivity index (χ2v) is 7.39. The zero-order valence-electron chi connectivity index (χ0n) is 14.5. The zero-order valence-corrected chi connectivity index (χ0v) is 15.3. The number of hydrogen-bond donors (Lipinski definition) is 1. The van der Waals surface area contributed by atoms with E-state index < -0.39 is 0 Å². The summed E-state index contributed by atoms with van der Waals surface area (Å²) in [5.74, 6) is 0.130. The molecular weight excluding hydrogens is 320 g/mol. The minimum absolute atomic E-state index is 0.130. The van der Waals surface area contributed by atoms with Crippen LogP contribution in [0, 0.1) is 13.8 Å². The molecule has 0 bridgehead atoms. The first-order valence-electron chi connectivity index (χ1n) is 8.64. The van der Waals surface area contributed by atoms with Crippen LogP contribution >= 0.6 is 11.3 Å². The van der Waals surface area contributed by atoms with Crippen LogP contribution in [0.1, 0.15) is 29.8 Å². The van der Waals surface area contributed by atoms with Gasteiger partial charge in [0.15, 0.2) is 0 Å². The minimum atomic E-state index is 0.130. The summed E-state index contributed by atoms with van der Waals surface area (Å²) in [6, 6.07) is 4.63. The first-order chi connectivity index (χ1) is 11.6. The molecule has 2 aromatic heterocycles. The van der Waals surface area contributed by atoms with E-state index >= 15 is 0 Å². The molecule has 130 valence electrons. The molecule has 0 aliphatic carbocycles. The van der Waals surface area contributed by atoms with Gasteiger partial charge in [0.2, 0.25) is 5.91 Å². The first-order valence-corrected chi connectivity index (χ1v) is 9.59. The maximum absolute atomic E-state index is 12.2. The van der Waals surface area contributed by atoms with E-state index in [0.29, 0.717) is 19.1 Å². The minimum Gasteiger partial charge on any atom is -0.355 e. The highest BCUT2D eigenvalue weighted by atomic mass is 32.1. The number of aryl methyl sites for hydroxylation is 2. The van der Waals surface area contributed by atoms with Crippen molar-refractivity contribution in [2.45, 2.75) is 45.7 Å². The highest BCUT2D eigenvalue weighted by Crippen LogP contribution is 2.19. The Hall–Kier alpha value is -1.66. The Bertz CT molecular complexity index is 665. The molecule has 3 heterocycles. The van der Waals surface area contributed by atoms with Crippen LogP contribution in [0.15, 0.2) is 22.9 Å². The second-order valence-electron chi connectivity index (χ2n) is 6.61. The quantitative estimate of drug-likeness (QED) is 0.837. The van der Waals surface area contributed by atoms with Gasteiger partial charge in [0, 0.05) is 18.3 Å². The lowest BCUT2D eigenvalue weighted by Crippen LogP contribution is -2.42. The van der Waals surface area contributed by atoms with Crippen molar-refractivity contribution in [2.24, 2.45) is 0 Å². The van der Waals surface area contributed by atoms with Crippen LogP contribution in [0.3, 0.4) is 0 Å². The van der Waals surface area contributed by atoms with Gasteiger partial charge in [-0.3, -0.25) is 14.4 Å². The molecule has 1 aliphatic rings. The topological polar surface area (TPSA) is 50.2 Å². The lowest BCUT2D eigenvalue weighted by Gasteiger charge is -2.24. The Kier molecular flexibility index (Phi) is 5.68. The number of carbonyl (C=O) groups excluding carboxylic acids is 1. The number of nitrogens with one attached hydrogen (secondary N) is 1. The Labute approximate surface area is 147 Å². The number of aromatic nitrogens is 2. The van der Waals surface area contributed by atoms with Gasteiger partial charge in [0.25, 0.3) is 0 Å². The van der Waals surface area contributed by atoms with E-state index in [1.807, 2.05) is 6.92 Å². The number of amides is 1. The van der Waals surface area contributed by atoms with E-state index in [1.54, 1.807) is 11.3 Å². The van der Waals surface area contributed by atoms with E-state index in [4.69, 9.17) is 0 Å². The van der Waals surface area contributed by atoms with Gasteiger partial charge >= 0.3 is 0 Å². The largest absolute Gasteiger partial charge is 0.355 e. The van der Waals surface area contributed by atoms with Crippen molar-refractivity contribution < 1.29 is 4.79 Å². The van der Waals surface area contributed by atoms with Gasteiger partial charge in [0.05, 0.1) is 18.8 Å². The Morgan fingerprint density at radius 2 is 2.33 bits per heavy atom. The molecule has 1 saturated heterocycles. The Morgan fingerprint density at radius 1 is 1.46 bits per heavy atom. The van der Waals surface area contributed by atoms with E-state index in [-0.39, 0.29) is 5.91 Å². The lowest BCUT2D eigenvalue weighted by atomic mass is 10.2. The van der Waals surface area contributed by atoms with Crippen LogP contribution in [0.25, 0.3) is 0 Å². The van der Waals surface area contributed by atoms with Gasteiger partial charge in [-0.1, -0.05) is 0 Å². The van der Waals surface area contributed by atoms with Crippen LogP contribution in [-0.4, -0.2) is 46.3 Å². The fourth-order valence-electron chi connectivity index (χ4n) is 3.39. The van der Waals surface area contributed by atoms with Crippen LogP contribution < -0.4 is 5.32 Å². The molecule has 0 radical (unpaired) electrons. The molecule has 3 rings (SSSR count). The molecule has 1 fully saturated rings. The van der Waals surface area contributed by atoms with Crippen molar-refractivity contribution in [3.63, 3.8) is 0 Å². The van der Waals surface area contributed by atoms with Crippen LogP contribution in [0.5, 0.6) is 0 Å². The van der Waals surface area contributed by atoms with Crippen LogP contribution in [-0.2, 0) is 17.8 Å². The molecule has 24 heavy (non-hydrogen) atoms. The van der Waals surface area contributed by atoms with E-state index in [2.05, 4.69) is 49.8 Å². The summed E-state index contributed by atoms with van der Waals surface area (Å²) in [5.41, 5.74) is 3.55. The summed E-state index contributed by atoms with van der Waals surface area (Å²) in [5, 5.41) is 11.8. The first kappa shape index (κ1) is 17.2. The molecule has 5 nitrogen and oxygen atoms in total. The average Bonchev–Trinajstić information content (AvgIpc) is 3.24. The van der Waals surface area contributed by atoms with Gasteiger partial charge in [-0.25, -0.2) is 0 Å². The van der Waals surface area contributed by atoms with Crippen LogP contribution in [0.2, 0.25) is 0 Å².